The Morgan fingerprint density at radius 3 is 2.54 bits per heavy atom. The van der Waals surface area contributed by atoms with Crippen LogP contribution < -0.4 is 10.0 Å². The number of sulfonamides is 1. The summed E-state index contributed by atoms with van der Waals surface area (Å²) in [4.78, 5) is 17.2. The van der Waals surface area contributed by atoms with Crippen molar-refractivity contribution in [2.75, 3.05) is 5.32 Å². The van der Waals surface area contributed by atoms with Crippen molar-refractivity contribution < 1.29 is 13.2 Å². The highest BCUT2D eigenvalue weighted by Crippen LogP contribution is 2.25. The van der Waals surface area contributed by atoms with Crippen LogP contribution in [-0.4, -0.2) is 25.4 Å². The summed E-state index contributed by atoms with van der Waals surface area (Å²) in [7, 11) is -3.86. The molecule has 3 aromatic rings. The quantitative estimate of drug-likeness (QED) is 0.638. The monoisotopic (exact) mass is 417 g/mol. The molecule has 0 radical (unpaired) electrons. The summed E-state index contributed by atoms with van der Waals surface area (Å²) in [6, 6.07) is 11.3. The molecule has 0 saturated carbocycles. The van der Waals surface area contributed by atoms with Crippen molar-refractivity contribution in [3.05, 3.63) is 53.0 Å². The Morgan fingerprint density at radius 2 is 1.86 bits per heavy atom. The molecule has 1 atom stereocenters. The van der Waals surface area contributed by atoms with Crippen LogP contribution in [0.4, 0.5) is 5.69 Å². The van der Waals surface area contributed by atoms with Crippen LogP contribution >= 0.6 is 11.3 Å². The summed E-state index contributed by atoms with van der Waals surface area (Å²) in [5, 5.41) is 3.67. The molecule has 0 bridgehead atoms. The number of rotatable bonds is 6. The molecule has 0 aliphatic carbocycles. The first kappa shape index (κ1) is 20.4. The highest BCUT2D eigenvalue weighted by molar-refractivity contribution is 7.89. The van der Waals surface area contributed by atoms with E-state index in [4.69, 9.17) is 0 Å². The van der Waals surface area contributed by atoms with Crippen molar-refractivity contribution in [2.24, 2.45) is 5.92 Å². The molecule has 0 saturated heterocycles. The van der Waals surface area contributed by atoms with Crippen LogP contribution in [0.15, 0.2) is 47.4 Å². The van der Waals surface area contributed by atoms with E-state index in [0.29, 0.717) is 5.69 Å². The molecule has 1 unspecified atom stereocenters. The third-order valence-corrected chi connectivity index (χ3v) is 6.67. The van der Waals surface area contributed by atoms with Crippen molar-refractivity contribution in [3.8, 4) is 0 Å². The molecule has 3 rings (SSSR count). The number of carbonyl (C=O) groups is 1. The van der Waals surface area contributed by atoms with Gasteiger partial charge in [0, 0.05) is 5.69 Å². The van der Waals surface area contributed by atoms with Gasteiger partial charge < -0.3 is 5.32 Å². The first-order valence-electron chi connectivity index (χ1n) is 8.93. The van der Waals surface area contributed by atoms with E-state index < -0.39 is 16.1 Å². The summed E-state index contributed by atoms with van der Waals surface area (Å²) in [6.07, 6.45) is 0. The second-order valence-electron chi connectivity index (χ2n) is 7.06. The second-order valence-corrected chi connectivity index (χ2v) is 10.0. The highest BCUT2D eigenvalue weighted by atomic mass is 32.2. The first-order chi connectivity index (χ1) is 13.2. The summed E-state index contributed by atoms with van der Waals surface area (Å²) in [5.41, 5.74) is 2.41. The number of thiazole rings is 1. The lowest BCUT2D eigenvalue weighted by molar-refractivity contribution is -0.118. The number of carbonyl (C=O) groups excluding carboxylic acids is 1. The molecule has 1 heterocycles. The van der Waals surface area contributed by atoms with Crippen LogP contribution in [0.3, 0.4) is 0 Å². The zero-order chi connectivity index (χ0) is 20.5. The molecular formula is C20H23N3O3S2. The second kappa shape index (κ2) is 7.98. The predicted octanol–water partition coefficient (Wildman–Crippen LogP) is 3.85. The van der Waals surface area contributed by atoms with Crippen LogP contribution in [0.1, 0.15) is 24.4 Å². The van der Waals surface area contributed by atoms with E-state index in [1.807, 2.05) is 32.0 Å². The summed E-state index contributed by atoms with van der Waals surface area (Å²) in [5.74, 6) is -0.618. The number of aromatic nitrogens is 1. The van der Waals surface area contributed by atoms with Gasteiger partial charge in [0.1, 0.15) is 6.04 Å². The van der Waals surface area contributed by atoms with Crippen LogP contribution in [0.2, 0.25) is 0 Å². The zero-order valence-corrected chi connectivity index (χ0v) is 17.8. The molecule has 148 valence electrons. The molecule has 1 aromatic heterocycles. The van der Waals surface area contributed by atoms with Gasteiger partial charge in [-0.1, -0.05) is 26.0 Å². The van der Waals surface area contributed by atoms with Gasteiger partial charge in [0.05, 0.1) is 20.1 Å². The number of hydrogen-bond acceptors (Lipinski definition) is 5. The van der Waals surface area contributed by atoms with Gasteiger partial charge >= 0.3 is 0 Å². The minimum Gasteiger partial charge on any atom is -0.325 e. The van der Waals surface area contributed by atoms with Gasteiger partial charge in [-0.05, 0) is 55.7 Å². The molecule has 0 fully saturated rings. The minimum atomic E-state index is -3.86. The van der Waals surface area contributed by atoms with E-state index in [1.165, 1.54) is 17.4 Å². The van der Waals surface area contributed by atoms with Gasteiger partial charge in [-0.2, -0.15) is 4.72 Å². The smallest absolute Gasteiger partial charge is 0.242 e. The Kier molecular flexibility index (Phi) is 5.83. The van der Waals surface area contributed by atoms with Gasteiger partial charge in [-0.3, -0.25) is 4.79 Å². The van der Waals surface area contributed by atoms with Gasteiger partial charge in [0.15, 0.2) is 0 Å². The van der Waals surface area contributed by atoms with E-state index in [0.717, 1.165) is 20.8 Å². The largest absolute Gasteiger partial charge is 0.325 e. The Bertz CT molecular complexity index is 1120. The molecule has 28 heavy (non-hydrogen) atoms. The lowest BCUT2D eigenvalue weighted by Crippen LogP contribution is -2.47. The topological polar surface area (TPSA) is 88.2 Å². The highest BCUT2D eigenvalue weighted by Gasteiger charge is 2.28. The van der Waals surface area contributed by atoms with Crippen LogP contribution in [0.25, 0.3) is 10.2 Å². The van der Waals surface area contributed by atoms with Crippen LogP contribution in [0.5, 0.6) is 0 Å². The Morgan fingerprint density at radius 1 is 1.11 bits per heavy atom. The number of nitrogens with one attached hydrogen (secondary N) is 2. The molecule has 1 amide bonds. The molecule has 0 aliphatic heterocycles. The summed E-state index contributed by atoms with van der Waals surface area (Å²) >= 11 is 1.43. The molecule has 2 aromatic carbocycles. The first-order valence-corrected chi connectivity index (χ1v) is 11.2. The maximum Gasteiger partial charge on any atom is 0.242 e. The molecule has 0 aliphatic rings. The van der Waals surface area contributed by atoms with Gasteiger partial charge in [-0.15, -0.1) is 11.3 Å². The number of aryl methyl sites for hydroxylation is 2. The Balaban J connectivity index is 1.84. The fraction of sp³-hybridized carbons (Fsp3) is 0.300. The maximum absolute atomic E-state index is 12.9. The number of fused-ring (bicyclic) bond motifs is 1. The van der Waals surface area contributed by atoms with Gasteiger partial charge in [0.2, 0.25) is 15.9 Å². The van der Waals surface area contributed by atoms with Gasteiger partial charge in [-0.25, -0.2) is 13.4 Å². The standard InChI is InChI=1S/C20H23N3O3S2/c1-12(2)19(20(24)22-15-7-5-6-13(3)10-15)23-28(25,26)16-8-9-17-18(11-16)27-14(4)21-17/h5-12,19,23H,1-4H3,(H,22,24). The van der Waals surface area contributed by atoms with Gasteiger partial charge in [0.25, 0.3) is 0 Å². The van der Waals surface area contributed by atoms with E-state index in [2.05, 4.69) is 15.0 Å². The lowest BCUT2D eigenvalue weighted by Gasteiger charge is -2.21. The number of amides is 1. The van der Waals surface area contributed by atoms with E-state index in [-0.39, 0.29) is 16.7 Å². The molecule has 0 spiro atoms. The summed E-state index contributed by atoms with van der Waals surface area (Å²) in [6.45, 7) is 7.41. The average Bonchev–Trinajstić information content (AvgIpc) is 2.98. The zero-order valence-electron chi connectivity index (χ0n) is 16.2. The Labute approximate surface area is 169 Å². The van der Waals surface area contributed by atoms with Crippen LogP contribution in [-0.2, 0) is 14.8 Å². The number of nitrogens with zero attached hydrogens (tertiary/aromatic N) is 1. The predicted molar refractivity (Wildman–Crippen MR) is 113 cm³/mol. The van der Waals surface area contributed by atoms with E-state index in [9.17, 15) is 13.2 Å². The van der Waals surface area contributed by atoms with E-state index in [1.54, 1.807) is 32.0 Å². The number of anilines is 1. The molecule has 2 N–H and O–H groups in total. The third kappa shape index (κ3) is 4.57. The normalized spacial score (nSPS) is 13.0. The van der Waals surface area contributed by atoms with Crippen molar-refractivity contribution in [3.63, 3.8) is 0 Å². The average molecular weight is 418 g/mol. The SMILES string of the molecule is Cc1cccc(NC(=O)C(NS(=O)(=O)c2ccc3nc(C)sc3c2)C(C)C)c1. The lowest BCUT2D eigenvalue weighted by atomic mass is 10.0. The molecule has 8 heteroatoms. The van der Waals surface area contributed by atoms with Crippen LogP contribution in [0, 0.1) is 19.8 Å². The van der Waals surface area contributed by atoms with Crippen molar-refractivity contribution in [2.45, 2.75) is 38.6 Å². The fourth-order valence-corrected chi connectivity index (χ4v) is 5.17. The van der Waals surface area contributed by atoms with E-state index >= 15 is 0 Å². The van der Waals surface area contributed by atoms with Crippen molar-refractivity contribution in [1.29, 1.82) is 0 Å². The Hall–Kier alpha value is -2.29. The summed E-state index contributed by atoms with van der Waals surface area (Å²) < 4.78 is 29.2. The maximum atomic E-state index is 12.9. The molecular weight excluding hydrogens is 394 g/mol. The van der Waals surface area contributed by atoms with Crippen molar-refractivity contribution in [1.82, 2.24) is 9.71 Å². The number of hydrogen-bond donors (Lipinski definition) is 2. The fourth-order valence-electron chi connectivity index (χ4n) is 2.86. The van der Waals surface area contributed by atoms with Crippen molar-refractivity contribution >= 4 is 43.2 Å². The third-order valence-electron chi connectivity index (χ3n) is 4.29. The minimum absolute atomic E-state index is 0.123. The number of benzene rings is 2. The molecule has 6 nitrogen and oxygen atoms in total.